The summed E-state index contributed by atoms with van der Waals surface area (Å²) in [5.74, 6) is 0.492. The van der Waals surface area contributed by atoms with Gasteiger partial charge in [-0.15, -0.1) is 0 Å². The Kier molecular flexibility index (Phi) is 3.03. The Bertz CT molecular complexity index is 406. The molecule has 92 valence electrons. The van der Waals surface area contributed by atoms with Crippen molar-refractivity contribution in [1.29, 1.82) is 0 Å². The maximum absolute atomic E-state index is 10.9. The molecule has 1 fully saturated rings. The smallest absolute Gasteiger partial charge is 0.407 e. The summed E-state index contributed by atoms with van der Waals surface area (Å²) in [7, 11) is 0. The molecule has 6 nitrogen and oxygen atoms in total. The normalized spacial score (nSPS) is 20.4. The van der Waals surface area contributed by atoms with Gasteiger partial charge in [0.05, 0.1) is 11.9 Å². The molecule has 2 rings (SSSR count). The highest BCUT2D eigenvalue weighted by Gasteiger charge is 2.27. The van der Waals surface area contributed by atoms with E-state index in [-0.39, 0.29) is 6.04 Å². The zero-order valence-corrected chi connectivity index (χ0v) is 9.71. The van der Waals surface area contributed by atoms with E-state index in [1.165, 1.54) is 4.90 Å². The molecule has 1 aromatic heterocycles. The molecule has 0 radical (unpaired) electrons. The summed E-state index contributed by atoms with van der Waals surface area (Å²) in [5, 5.41) is 8.98. The SMILES string of the molecule is CC1CN(c2ccc(N)nc2)CCN1C(=O)O. The fourth-order valence-electron chi connectivity index (χ4n) is 2.06. The molecule has 0 saturated carbocycles. The topological polar surface area (TPSA) is 82.7 Å². The van der Waals surface area contributed by atoms with E-state index >= 15 is 0 Å². The first kappa shape index (κ1) is 11.5. The number of anilines is 2. The quantitative estimate of drug-likeness (QED) is 0.755. The number of aromatic nitrogens is 1. The van der Waals surface area contributed by atoms with E-state index < -0.39 is 6.09 Å². The number of piperazine rings is 1. The average molecular weight is 236 g/mol. The molecule has 0 aromatic carbocycles. The van der Waals surface area contributed by atoms with E-state index in [4.69, 9.17) is 10.8 Å². The molecule has 1 unspecified atom stereocenters. The predicted octanol–water partition coefficient (Wildman–Crippen LogP) is 0.852. The monoisotopic (exact) mass is 236 g/mol. The van der Waals surface area contributed by atoms with Crippen molar-refractivity contribution in [2.24, 2.45) is 0 Å². The lowest BCUT2D eigenvalue weighted by Gasteiger charge is -2.39. The number of pyridine rings is 1. The standard InChI is InChI=1S/C11H16N4O2/c1-8-7-14(4-5-15(8)11(16)17)9-2-3-10(12)13-6-9/h2-3,6,8H,4-5,7H2,1H3,(H2,12,13)(H,16,17). The molecule has 0 aliphatic carbocycles. The second kappa shape index (κ2) is 4.48. The Morgan fingerprint density at radius 1 is 1.53 bits per heavy atom. The summed E-state index contributed by atoms with van der Waals surface area (Å²) in [4.78, 5) is 18.6. The molecule has 1 aromatic rings. The molecular weight excluding hydrogens is 220 g/mol. The third kappa shape index (κ3) is 2.41. The third-order valence-corrected chi connectivity index (χ3v) is 3.01. The van der Waals surface area contributed by atoms with Crippen LogP contribution in [0.1, 0.15) is 6.92 Å². The number of nitrogen functional groups attached to an aromatic ring is 1. The number of hydrogen-bond acceptors (Lipinski definition) is 4. The summed E-state index contributed by atoms with van der Waals surface area (Å²) >= 11 is 0. The van der Waals surface area contributed by atoms with Gasteiger partial charge in [-0.3, -0.25) is 0 Å². The Balaban J connectivity index is 2.06. The van der Waals surface area contributed by atoms with Crippen LogP contribution in [0.3, 0.4) is 0 Å². The lowest BCUT2D eigenvalue weighted by Crippen LogP contribution is -2.53. The predicted molar refractivity (Wildman–Crippen MR) is 65.1 cm³/mol. The second-order valence-corrected chi connectivity index (χ2v) is 4.21. The molecule has 3 N–H and O–H groups in total. The van der Waals surface area contributed by atoms with Gasteiger partial charge in [-0.2, -0.15) is 0 Å². The first-order valence-corrected chi connectivity index (χ1v) is 5.54. The highest BCUT2D eigenvalue weighted by atomic mass is 16.4. The maximum atomic E-state index is 10.9. The van der Waals surface area contributed by atoms with Crippen molar-refractivity contribution < 1.29 is 9.90 Å². The first-order chi connectivity index (χ1) is 8.08. The zero-order chi connectivity index (χ0) is 12.4. The number of carboxylic acid groups (broad SMARTS) is 1. The van der Waals surface area contributed by atoms with Gasteiger partial charge in [0.25, 0.3) is 0 Å². The van der Waals surface area contributed by atoms with Crippen LogP contribution in [0.2, 0.25) is 0 Å². The summed E-state index contributed by atoms with van der Waals surface area (Å²) in [5.41, 5.74) is 6.51. The minimum Gasteiger partial charge on any atom is -0.465 e. The van der Waals surface area contributed by atoms with Crippen molar-refractivity contribution in [3.63, 3.8) is 0 Å². The van der Waals surface area contributed by atoms with Crippen LogP contribution < -0.4 is 10.6 Å². The minimum atomic E-state index is -0.854. The number of amides is 1. The van der Waals surface area contributed by atoms with Gasteiger partial charge >= 0.3 is 6.09 Å². The van der Waals surface area contributed by atoms with Crippen LogP contribution >= 0.6 is 0 Å². The fourth-order valence-corrected chi connectivity index (χ4v) is 2.06. The lowest BCUT2D eigenvalue weighted by atomic mass is 10.2. The number of rotatable bonds is 1. The molecule has 1 amide bonds. The zero-order valence-electron chi connectivity index (χ0n) is 9.71. The van der Waals surface area contributed by atoms with Crippen LogP contribution in [0.15, 0.2) is 18.3 Å². The van der Waals surface area contributed by atoms with E-state index in [2.05, 4.69) is 9.88 Å². The Morgan fingerprint density at radius 3 is 2.82 bits per heavy atom. The van der Waals surface area contributed by atoms with Crippen LogP contribution in [0.25, 0.3) is 0 Å². The van der Waals surface area contributed by atoms with Gasteiger partial charge in [0, 0.05) is 25.7 Å². The molecule has 0 spiro atoms. The van der Waals surface area contributed by atoms with Crippen LogP contribution in [0.4, 0.5) is 16.3 Å². The lowest BCUT2D eigenvalue weighted by molar-refractivity contribution is 0.122. The fraction of sp³-hybridized carbons (Fsp3) is 0.455. The second-order valence-electron chi connectivity index (χ2n) is 4.21. The number of nitrogens with two attached hydrogens (primary N) is 1. The van der Waals surface area contributed by atoms with Crippen LogP contribution in [0.5, 0.6) is 0 Å². The van der Waals surface area contributed by atoms with E-state index in [1.54, 1.807) is 12.3 Å². The van der Waals surface area contributed by atoms with Crippen molar-refractivity contribution >= 4 is 17.6 Å². The minimum absolute atomic E-state index is 0.0150. The van der Waals surface area contributed by atoms with Gasteiger partial charge in [0.1, 0.15) is 5.82 Å². The van der Waals surface area contributed by atoms with E-state index in [9.17, 15) is 4.79 Å². The van der Waals surface area contributed by atoms with Crippen LogP contribution in [-0.4, -0.2) is 46.8 Å². The molecule has 6 heteroatoms. The van der Waals surface area contributed by atoms with Crippen molar-refractivity contribution in [2.75, 3.05) is 30.3 Å². The molecule has 1 aliphatic heterocycles. The summed E-state index contributed by atoms with van der Waals surface area (Å²) in [6.07, 6.45) is 0.867. The molecule has 17 heavy (non-hydrogen) atoms. The van der Waals surface area contributed by atoms with Crippen molar-refractivity contribution in [1.82, 2.24) is 9.88 Å². The Hall–Kier alpha value is -1.98. The maximum Gasteiger partial charge on any atom is 0.407 e. The average Bonchev–Trinajstić information content (AvgIpc) is 2.29. The number of carbonyl (C=O) groups is 1. The van der Waals surface area contributed by atoms with Crippen LogP contribution in [-0.2, 0) is 0 Å². The van der Waals surface area contributed by atoms with Crippen molar-refractivity contribution in [3.05, 3.63) is 18.3 Å². The van der Waals surface area contributed by atoms with Gasteiger partial charge in [0.2, 0.25) is 0 Å². The van der Waals surface area contributed by atoms with E-state index in [0.717, 1.165) is 5.69 Å². The number of hydrogen-bond donors (Lipinski definition) is 2. The molecule has 1 saturated heterocycles. The van der Waals surface area contributed by atoms with Gasteiger partial charge in [-0.05, 0) is 19.1 Å². The first-order valence-electron chi connectivity index (χ1n) is 5.54. The van der Waals surface area contributed by atoms with Crippen molar-refractivity contribution in [2.45, 2.75) is 13.0 Å². The van der Waals surface area contributed by atoms with Crippen molar-refractivity contribution in [3.8, 4) is 0 Å². The van der Waals surface area contributed by atoms with E-state index in [1.807, 2.05) is 13.0 Å². The molecule has 2 heterocycles. The van der Waals surface area contributed by atoms with Crippen LogP contribution in [0, 0.1) is 0 Å². The summed E-state index contributed by atoms with van der Waals surface area (Å²) in [6, 6.07) is 3.65. The molecule has 0 bridgehead atoms. The highest BCUT2D eigenvalue weighted by molar-refractivity contribution is 5.66. The Labute approximate surface area is 99.7 Å². The highest BCUT2D eigenvalue weighted by Crippen LogP contribution is 2.18. The van der Waals surface area contributed by atoms with Gasteiger partial charge in [-0.1, -0.05) is 0 Å². The largest absolute Gasteiger partial charge is 0.465 e. The summed E-state index contributed by atoms with van der Waals surface area (Å²) < 4.78 is 0. The number of nitrogens with zero attached hydrogens (tertiary/aromatic N) is 3. The molecule has 1 aliphatic rings. The van der Waals surface area contributed by atoms with Gasteiger partial charge in [-0.25, -0.2) is 9.78 Å². The molecule has 1 atom stereocenters. The van der Waals surface area contributed by atoms with Gasteiger partial charge < -0.3 is 20.6 Å². The van der Waals surface area contributed by atoms with Gasteiger partial charge in [0.15, 0.2) is 0 Å². The third-order valence-electron chi connectivity index (χ3n) is 3.01. The summed E-state index contributed by atoms with van der Waals surface area (Å²) in [6.45, 7) is 3.78. The van der Waals surface area contributed by atoms with E-state index in [0.29, 0.717) is 25.5 Å². The Morgan fingerprint density at radius 2 is 2.29 bits per heavy atom. The molecular formula is C11H16N4O2.